The minimum atomic E-state index is 0.0494. The third-order valence-corrected chi connectivity index (χ3v) is 4.02. The first-order valence-corrected chi connectivity index (χ1v) is 7.46. The van der Waals surface area contributed by atoms with Crippen molar-refractivity contribution in [2.45, 2.75) is 25.4 Å². The van der Waals surface area contributed by atoms with E-state index in [0.29, 0.717) is 18.3 Å². The summed E-state index contributed by atoms with van der Waals surface area (Å²) in [6.07, 6.45) is 2.20. The van der Waals surface area contributed by atoms with Gasteiger partial charge in [-0.1, -0.05) is 18.2 Å². The molecule has 0 saturated carbocycles. The summed E-state index contributed by atoms with van der Waals surface area (Å²) >= 11 is 0. The second-order valence-electron chi connectivity index (χ2n) is 5.70. The molecule has 1 amide bonds. The first kappa shape index (κ1) is 15.8. The van der Waals surface area contributed by atoms with Gasteiger partial charge in [-0.25, -0.2) is 0 Å². The summed E-state index contributed by atoms with van der Waals surface area (Å²) in [6, 6.07) is 8.03. The highest BCUT2D eigenvalue weighted by molar-refractivity contribution is 5.78. The summed E-state index contributed by atoms with van der Waals surface area (Å²) in [4.78, 5) is 16.4. The quantitative estimate of drug-likeness (QED) is 0.882. The van der Waals surface area contributed by atoms with Gasteiger partial charge < -0.3 is 20.3 Å². The molecule has 1 aromatic rings. The minimum Gasteiger partial charge on any atom is -0.483 e. The molecule has 0 bridgehead atoms. The van der Waals surface area contributed by atoms with Gasteiger partial charge in [-0.15, -0.1) is 0 Å². The van der Waals surface area contributed by atoms with E-state index in [0.717, 1.165) is 31.5 Å². The number of carbonyl (C=O) groups is 1. The minimum absolute atomic E-state index is 0.0494. The Bertz CT molecular complexity index is 476. The number of amides is 1. The Morgan fingerprint density at radius 1 is 1.43 bits per heavy atom. The van der Waals surface area contributed by atoms with E-state index >= 15 is 0 Å². The average Bonchev–Trinajstić information content (AvgIpc) is 2.52. The normalized spacial score (nSPS) is 18.9. The maximum absolute atomic E-state index is 12.3. The summed E-state index contributed by atoms with van der Waals surface area (Å²) in [5.74, 6) is 0.753. The Balaban J connectivity index is 1.89. The van der Waals surface area contributed by atoms with Crippen LogP contribution in [0.25, 0.3) is 0 Å². The zero-order valence-electron chi connectivity index (χ0n) is 12.9. The molecule has 5 heteroatoms. The Hall–Kier alpha value is -1.59. The third-order valence-electron chi connectivity index (χ3n) is 4.02. The first-order chi connectivity index (χ1) is 10.1. The van der Waals surface area contributed by atoms with Gasteiger partial charge in [0.15, 0.2) is 6.61 Å². The number of para-hydroxylation sites is 1. The van der Waals surface area contributed by atoms with Gasteiger partial charge in [-0.2, -0.15) is 0 Å². The summed E-state index contributed by atoms with van der Waals surface area (Å²) in [5, 5.41) is 0. The molecule has 0 aliphatic carbocycles. The van der Waals surface area contributed by atoms with Gasteiger partial charge in [-0.05, 0) is 33.0 Å². The summed E-state index contributed by atoms with van der Waals surface area (Å²) in [5.41, 5.74) is 6.60. The number of hydrogen-bond acceptors (Lipinski definition) is 4. The van der Waals surface area contributed by atoms with E-state index in [1.807, 2.05) is 29.2 Å². The molecule has 1 saturated heterocycles. The van der Waals surface area contributed by atoms with Crippen LogP contribution in [0.15, 0.2) is 24.3 Å². The number of ether oxygens (including phenoxy) is 1. The van der Waals surface area contributed by atoms with Crippen LogP contribution >= 0.6 is 0 Å². The lowest BCUT2D eigenvalue weighted by molar-refractivity contribution is -0.135. The topological polar surface area (TPSA) is 58.8 Å². The van der Waals surface area contributed by atoms with Crippen molar-refractivity contribution in [1.82, 2.24) is 9.80 Å². The van der Waals surface area contributed by atoms with Crippen molar-refractivity contribution < 1.29 is 9.53 Å². The Labute approximate surface area is 126 Å². The van der Waals surface area contributed by atoms with E-state index in [-0.39, 0.29) is 12.5 Å². The Kier molecular flexibility index (Phi) is 5.59. The molecule has 1 heterocycles. The number of carbonyl (C=O) groups excluding carboxylic acids is 1. The van der Waals surface area contributed by atoms with Crippen molar-refractivity contribution in [2.75, 3.05) is 33.8 Å². The van der Waals surface area contributed by atoms with Gasteiger partial charge >= 0.3 is 0 Å². The molecule has 2 N–H and O–H groups in total. The van der Waals surface area contributed by atoms with Gasteiger partial charge in [0.05, 0.1) is 0 Å². The molecular formula is C16H25N3O2. The molecule has 0 radical (unpaired) electrons. The van der Waals surface area contributed by atoms with E-state index in [1.54, 1.807) is 0 Å². The smallest absolute Gasteiger partial charge is 0.260 e. The first-order valence-electron chi connectivity index (χ1n) is 7.46. The van der Waals surface area contributed by atoms with Crippen molar-refractivity contribution in [2.24, 2.45) is 5.73 Å². The lowest BCUT2D eigenvalue weighted by atomic mass is 10.1. The highest BCUT2D eigenvalue weighted by Gasteiger charge is 2.25. The molecule has 1 fully saturated rings. The standard InChI is InChI=1S/C16H25N3O2/c1-18(2)14-7-5-9-19(11-14)16(20)12-21-15-8-4-3-6-13(15)10-17/h3-4,6,8,14H,5,7,9-12,17H2,1-2H3. The SMILES string of the molecule is CN(C)C1CCCN(C(=O)COc2ccccc2CN)C1. The fourth-order valence-electron chi connectivity index (χ4n) is 2.65. The van der Waals surface area contributed by atoms with Crippen LogP contribution < -0.4 is 10.5 Å². The monoisotopic (exact) mass is 291 g/mol. The predicted octanol–water partition coefficient (Wildman–Crippen LogP) is 1.08. The van der Waals surface area contributed by atoms with Gasteiger partial charge in [-0.3, -0.25) is 4.79 Å². The van der Waals surface area contributed by atoms with E-state index in [9.17, 15) is 4.79 Å². The van der Waals surface area contributed by atoms with Gasteiger partial charge in [0.1, 0.15) is 5.75 Å². The van der Waals surface area contributed by atoms with Gasteiger partial charge in [0, 0.05) is 31.2 Å². The largest absolute Gasteiger partial charge is 0.483 e. The summed E-state index contributed by atoms with van der Waals surface area (Å²) in [7, 11) is 4.12. The fraction of sp³-hybridized carbons (Fsp3) is 0.562. The van der Waals surface area contributed by atoms with Crippen LogP contribution in [0.3, 0.4) is 0 Å². The maximum Gasteiger partial charge on any atom is 0.260 e. The van der Waals surface area contributed by atoms with Crippen LogP contribution in [0.2, 0.25) is 0 Å². The van der Waals surface area contributed by atoms with Crippen molar-refractivity contribution in [3.05, 3.63) is 29.8 Å². The van der Waals surface area contributed by atoms with Crippen LogP contribution in [-0.4, -0.2) is 55.5 Å². The van der Waals surface area contributed by atoms with Crippen LogP contribution in [0.5, 0.6) is 5.75 Å². The van der Waals surface area contributed by atoms with Crippen molar-refractivity contribution >= 4 is 5.91 Å². The van der Waals surface area contributed by atoms with E-state index in [4.69, 9.17) is 10.5 Å². The number of piperidine rings is 1. The second kappa shape index (κ2) is 7.43. The van der Waals surface area contributed by atoms with Gasteiger partial charge in [0.25, 0.3) is 5.91 Å². The number of rotatable bonds is 5. The van der Waals surface area contributed by atoms with E-state index < -0.39 is 0 Å². The van der Waals surface area contributed by atoms with Gasteiger partial charge in [0.2, 0.25) is 0 Å². The molecule has 1 aliphatic heterocycles. The Morgan fingerprint density at radius 2 is 2.19 bits per heavy atom. The number of nitrogens with two attached hydrogens (primary N) is 1. The molecule has 0 aromatic heterocycles. The van der Waals surface area contributed by atoms with Crippen molar-refractivity contribution in [3.63, 3.8) is 0 Å². The molecular weight excluding hydrogens is 266 g/mol. The third kappa shape index (κ3) is 4.19. The number of nitrogens with zero attached hydrogens (tertiary/aromatic N) is 2. The molecule has 21 heavy (non-hydrogen) atoms. The lowest BCUT2D eigenvalue weighted by Crippen LogP contribution is -2.48. The maximum atomic E-state index is 12.3. The van der Waals surface area contributed by atoms with Crippen molar-refractivity contribution in [1.29, 1.82) is 0 Å². The van der Waals surface area contributed by atoms with Crippen LogP contribution in [-0.2, 0) is 11.3 Å². The van der Waals surface area contributed by atoms with Crippen LogP contribution in [0.1, 0.15) is 18.4 Å². The number of likely N-dealkylation sites (N-methyl/N-ethyl adjacent to an activating group) is 1. The van der Waals surface area contributed by atoms with Crippen LogP contribution in [0, 0.1) is 0 Å². The lowest BCUT2D eigenvalue weighted by Gasteiger charge is -2.36. The summed E-state index contributed by atoms with van der Waals surface area (Å²) < 4.78 is 5.65. The van der Waals surface area contributed by atoms with Crippen molar-refractivity contribution in [3.8, 4) is 5.75 Å². The second-order valence-corrected chi connectivity index (χ2v) is 5.70. The van der Waals surface area contributed by atoms with Crippen LogP contribution in [0.4, 0.5) is 0 Å². The number of likely N-dealkylation sites (tertiary alicyclic amines) is 1. The molecule has 5 nitrogen and oxygen atoms in total. The molecule has 1 aliphatic rings. The fourth-order valence-corrected chi connectivity index (χ4v) is 2.65. The zero-order valence-corrected chi connectivity index (χ0v) is 12.9. The predicted molar refractivity (Wildman–Crippen MR) is 83.1 cm³/mol. The molecule has 1 atom stereocenters. The molecule has 1 unspecified atom stereocenters. The number of hydrogen-bond donors (Lipinski definition) is 1. The summed E-state index contributed by atoms with van der Waals surface area (Å²) in [6.45, 7) is 2.10. The highest BCUT2D eigenvalue weighted by atomic mass is 16.5. The zero-order chi connectivity index (χ0) is 15.2. The Morgan fingerprint density at radius 3 is 2.90 bits per heavy atom. The molecule has 0 spiro atoms. The van der Waals surface area contributed by atoms with E-state index in [1.165, 1.54) is 0 Å². The average molecular weight is 291 g/mol. The number of benzene rings is 1. The molecule has 1 aromatic carbocycles. The highest BCUT2D eigenvalue weighted by Crippen LogP contribution is 2.18. The van der Waals surface area contributed by atoms with E-state index in [2.05, 4.69) is 19.0 Å². The molecule has 2 rings (SSSR count). The molecule has 116 valence electrons.